The van der Waals surface area contributed by atoms with Crippen LogP contribution in [-0.4, -0.2) is 44.2 Å². The first-order valence-electron chi connectivity index (χ1n) is 10.4. The van der Waals surface area contributed by atoms with Crippen molar-refractivity contribution in [1.82, 2.24) is 14.9 Å². The smallest absolute Gasteiger partial charge is 0.251 e. The Morgan fingerprint density at radius 1 is 0.968 bits per heavy atom. The summed E-state index contributed by atoms with van der Waals surface area (Å²) in [7, 11) is -3.68. The van der Waals surface area contributed by atoms with E-state index in [1.165, 1.54) is 22.5 Å². The van der Waals surface area contributed by atoms with Gasteiger partial charge in [-0.05, 0) is 42.0 Å². The van der Waals surface area contributed by atoms with E-state index in [9.17, 15) is 18.0 Å². The van der Waals surface area contributed by atoms with Crippen LogP contribution in [0, 0.1) is 11.8 Å². The molecule has 0 radical (unpaired) electrons. The molecule has 0 saturated carbocycles. The number of hydrogen-bond donors (Lipinski definition) is 2. The molecule has 3 rings (SSSR count). The molecule has 8 heteroatoms. The van der Waals surface area contributed by atoms with Crippen molar-refractivity contribution in [3.8, 4) is 0 Å². The number of sulfonamides is 1. The first-order valence-corrected chi connectivity index (χ1v) is 11.9. The van der Waals surface area contributed by atoms with Crippen molar-refractivity contribution in [2.45, 2.75) is 31.7 Å². The molecule has 1 heterocycles. The van der Waals surface area contributed by atoms with Crippen LogP contribution in [0.2, 0.25) is 0 Å². The Morgan fingerprint density at radius 3 is 2.32 bits per heavy atom. The lowest BCUT2D eigenvalue weighted by Gasteiger charge is -2.34. The SMILES string of the molecule is CC1CC(C)CN(S(=O)(=O)c2cccc(C(=O)NCC(=O)NCc3ccccc3)c2)C1. The molecule has 2 amide bonds. The lowest BCUT2D eigenvalue weighted by molar-refractivity contribution is -0.120. The fraction of sp³-hybridized carbons (Fsp3) is 0.391. The minimum Gasteiger partial charge on any atom is -0.350 e. The Kier molecular flexibility index (Phi) is 7.46. The Balaban J connectivity index is 1.60. The number of amides is 2. The van der Waals surface area contributed by atoms with Crippen LogP contribution < -0.4 is 10.6 Å². The van der Waals surface area contributed by atoms with Crippen LogP contribution in [0.3, 0.4) is 0 Å². The lowest BCUT2D eigenvalue weighted by Crippen LogP contribution is -2.42. The molecule has 31 heavy (non-hydrogen) atoms. The second-order valence-electron chi connectivity index (χ2n) is 8.24. The van der Waals surface area contributed by atoms with Gasteiger partial charge in [0.2, 0.25) is 15.9 Å². The number of benzene rings is 2. The van der Waals surface area contributed by atoms with Crippen molar-refractivity contribution >= 4 is 21.8 Å². The van der Waals surface area contributed by atoms with E-state index in [0.29, 0.717) is 31.5 Å². The molecular formula is C23H29N3O4S. The highest BCUT2D eigenvalue weighted by atomic mass is 32.2. The van der Waals surface area contributed by atoms with Crippen molar-refractivity contribution in [3.05, 3.63) is 65.7 Å². The standard InChI is InChI=1S/C23H29N3O4S/c1-17-11-18(2)16-26(15-17)31(29,30)21-10-6-9-20(12-21)23(28)25-14-22(27)24-13-19-7-4-3-5-8-19/h3-10,12,17-18H,11,13-16H2,1-2H3,(H,24,27)(H,25,28). The predicted molar refractivity (Wildman–Crippen MR) is 119 cm³/mol. The van der Waals surface area contributed by atoms with Gasteiger partial charge in [0, 0.05) is 25.2 Å². The van der Waals surface area contributed by atoms with Crippen molar-refractivity contribution in [2.75, 3.05) is 19.6 Å². The molecule has 0 aliphatic carbocycles. The fourth-order valence-corrected chi connectivity index (χ4v) is 5.60. The second-order valence-corrected chi connectivity index (χ2v) is 10.2. The molecule has 1 aliphatic heterocycles. The average Bonchev–Trinajstić information content (AvgIpc) is 2.76. The van der Waals surface area contributed by atoms with Gasteiger partial charge < -0.3 is 10.6 Å². The minimum atomic E-state index is -3.68. The van der Waals surface area contributed by atoms with E-state index in [4.69, 9.17) is 0 Å². The Labute approximate surface area is 183 Å². The van der Waals surface area contributed by atoms with Gasteiger partial charge in [0.15, 0.2) is 0 Å². The summed E-state index contributed by atoms with van der Waals surface area (Å²) in [6.07, 6.45) is 1.00. The van der Waals surface area contributed by atoms with E-state index >= 15 is 0 Å². The molecular weight excluding hydrogens is 414 g/mol. The van der Waals surface area contributed by atoms with Crippen LogP contribution in [0.4, 0.5) is 0 Å². The predicted octanol–water partition coefficient (Wildman–Crippen LogP) is 2.40. The number of rotatable bonds is 7. The van der Waals surface area contributed by atoms with Crippen molar-refractivity contribution in [1.29, 1.82) is 0 Å². The zero-order valence-electron chi connectivity index (χ0n) is 17.9. The largest absolute Gasteiger partial charge is 0.350 e. The summed E-state index contributed by atoms with van der Waals surface area (Å²) in [5, 5.41) is 5.28. The molecule has 1 aliphatic rings. The average molecular weight is 444 g/mol. The third-order valence-corrected chi connectivity index (χ3v) is 7.14. The summed E-state index contributed by atoms with van der Waals surface area (Å²) in [5.41, 5.74) is 1.16. The molecule has 0 aromatic heterocycles. The van der Waals surface area contributed by atoms with E-state index in [-0.39, 0.29) is 22.9 Å². The second kappa shape index (κ2) is 10.1. The number of hydrogen-bond acceptors (Lipinski definition) is 4. The van der Waals surface area contributed by atoms with E-state index in [2.05, 4.69) is 10.6 Å². The van der Waals surface area contributed by atoms with E-state index in [1.807, 2.05) is 44.2 Å². The van der Waals surface area contributed by atoms with E-state index < -0.39 is 15.9 Å². The monoisotopic (exact) mass is 443 g/mol. The third kappa shape index (κ3) is 6.15. The molecule has 7 nitrogen and oxygen atoms in total. The topological polar surface area (TPSA) is 95.6 Å². The number of carbonyl (C=O) groups excluding carboxylic acids is 2. The van der Waals surface area contributed by atoms with Gasteiger partial charge in [-0.3, -0.25) is 9.59 Å². The van der Waals surface area contributed by atoms with Crippen LogP contribution in [0.25, 0.3) is 0 Å². The van der Waals surface area contributed by atoms with E-state index in [0.717, 1.165) is 12.0 Å². The maximum atomic E-state index is 13.1. The molecule has 2 atom stereocenters. The van der Waals surface area contributed by atoms with Crippen LogP contribution >= 0.6 is 0 Å². The lowest BCUT2D eigenvalue weighted by atomic mass is 9.94. The van der Waals surface area contributed by atoms with Crippen LogP contribution in [0.5, 0.6) is 0 Å². The molecule has 166 valence electrons. The zero-order chi connectivity index (χ0) is 22.4. The Morgan fingerprint density at radius 2 is 1.65 bits per heavy atom. The summed E-state index contributed by atoms with van der Waals surface area (Å²) in [6, 6.07) is 15.4. The summed E-state index contributed by atoms with van der Waals surface area (Å²) in [5.74, 6) is -0.233. The van der Waals surface area contributed by atoms with Gasteiger partial charge in [0.25, 0.3) is 5.91 Å². The Hall–Kier alpha value is -2.71. The first-order chi connectivity index (χ1) is 14.8. The zero-order valence-corrected chi connectivity index (χ0v) is 18.7. The quantitative estimate of drug-likeness (QED) is 0.687. The van der Waals surface area contributed by atoms with Gasteiger partial charge in [-0.2, -0.15) is 4.31 Å². The number of carbonyl (C=O) groups is 2. The van der Waals surface area contributed by atoms with Crippen LogP contribution in [0.15, 0.2) is 59.5 Å². The van der Waals surface area contributed by atoms with Crippen molar-refractivity contribution in [2.24, 2.45) is 11.8 Å². The normalized spacial score (nSPS) is 19.5. The molecule has 0 spiro atoms. The minimum absolute atomic E-state index is 0.0926. The fourth-order valence-electron chi connectivity index (χ4n) is 3.87. The molecule has 2 N–H and O–H groups in total. The van der Waals surface area contributed by atoms with E-state index in [1.54, 1.807) is 6.07 Å². The number of nitrogens with one attached hydrogen (secondary N) is 2. The maximum Gasteiger partial charge on any atom is 0.251 e. The van der Waals surface area contributed by atoms with Gasteiger partial charge in [-0.15, -0.1) is 0 Å². The molecule has 0 bridgehead atoms. The third-order valence-electron chi connectivity index (χ3n) is 5.31. The van der Waals surface area contributed by atoms with Crippen LogP contribution in [-0.2, 0) is 21.4 Å². The van der Waals surface area contributed by atoms with Gasteiger partial charge in [0.1, 0.15) is 0 Å². The molecule has 2 unspecified atom stereocenters. The highest BCUT2D eigenvalue weighted by molar-refractivity contribution is 7.89. The summed E-state index contributed by atoms with van der Waals surface area (Å²) >= 11 is 0. The first kappa shape index (κ1) is 23.0. The van der Waals surface area contributed by atoms with Gasteiger partial charge in [-0.1, -0.05) is 50.2 Å². The summed E-state index contributed by atoms with van der Waals surface area (Å²) in [4.78, 5) is 24.6. The highest BCUT2D eigenvalue weighted by Crippen LogP contribution is 2.27. The van der Waals surface area contributed by atoms with Gasteiger partial charge in [-0.25, -0.2) is 8.42 Å². The summed E-state index contributed by atoms with van der Waals surface area (Å²) < 4.78 is 27.6. The van der Waals surface area contributed by atoms with Gasteiger partial charge >= 0.3 is 0 Å². The molecule has 2 aromatic rings. The Bertz CT molecular complexity index is 1010. The van der Waals surface area contributed by atoms with Crippen molar-refractivity contribution < 1.29 is 18.0 Å². The maximum absolute atomic E-state index is 13.1. The number of piperidine rings is 1. The number of nitrogens with zero attached hydrogens (tertiary/aromatic N) is 1. The summed E-state index contributed by atoms with van der Waals surface area (Å²) in [6.45, 7) is 5.23. The molecule has 2 aromatic carbocycles. The molecule has 1 fully saturated rings. The van der Waals surface area contributed by atoms with Crippen molar-refractivity contribution in [3.63, 3.8) is 0 Å². The molecule has 1 saturated heterocycles. The van der Waals surface area contributed by atoms with Crippen LogP contribution in [0.1, 0.15) is 36.2 Å². The highest BCUT2D eigenvalue weighted by Gasteiger charge is 2.31. The van der Waals surface area contributed by atoms with Gasteiger partial charge in [0.05, 0.1) is 11.4 Å².